The summed E-state index contributed by atoms with van der Waals surface area (Å²) in [5.41, 5.74) is 0.810. The van der Waals surface area contributed by atoms with Crippen LogP contribution in [0.3, 0.4) is 0 Å². The fraction of sp³-hybridized carbons (Fsp3) is 0.310. The molecule has 8 nitrogen and oxygen atoms in total. The Labute approximate surface area is 225 Å². The first-order valence-electron chi connectivity index (χ1n) is 12.6. The number of rotatable bonds is 4. The van der Waals surface area contributed by atoms with E-state index in [0.717, 1.165) is 12.2 Å². The van der Waals surface area contributed by atoms with Gasteiger partial charge in [-0.1, -0.05) is 41.9 Å². The standard InChI is InChI=1S/C29H29ClN4O4/c1-29(2,3)38-28(36)33-15-7-8-20(17-33)34-26-24(25(30)31-18-32-26)16-23(27(34)35)19-11-13-22(14-12-19)37-21-9-5-4-6-10-21/h4-6,9-14,16,18,20H,7-8,15,17H2,1-3H3. The number of hydrogen-bond donors (Lipinski definition) is 0. The van der Waals surface area contributed by atoms with Crippen LogP contribution in [-0.4, -0.2) is 44.2 Å². The number of pyridine rings is 1. The van der Waals surface area contributed by atoms with Crippen LogP contribution in [-0.2, 0) is 4.74 Å². The zero-order chi connectivity index (χ0) is 26.9. The summed E-state index contributed by atoms with van der Waals surface area (Å²) in [6, 6.07) is 18.3. The van der Waals surface area contributed by atoms with Crippen molar-refractivity contribution in [2.75, 3.05) is 13.1 Å². The van der Waals surface area contributed by atoms with Crippen molar-refractivity contribution in [1.29, 1.82) is 0 Å². The lowest BCUT2D eigenvalue weighted by Crippen LogP contribution is -2.45. The van der Waals surface area contributed by atoms with Gasteiger partial charge in [0, 0.05) is 18.7 Å². The molecule has 3 heterocycles. The van der Waals surface area contributed by atoms with Crippen molar-refractivity contribution in [3.8, 4) is 22.6 Å². The number of piperidine rings is 1. The van der Waals surface area contributed by atoms with Crippen molar-refractivity contribution < 1.29 is 14.3 Å². The van der Waals surface area contributed by atoms with E-state index >= 15 is 0 Å². The molecule has 0 bridgehead atoms. The van der Waals surface area contributed by atoms with E-state index in [9.17, 15) is 9.59 Å². The molecule has 1 fully saturated rings. The van der Waals surface area contributed by atoms with E-state index in [1.54, 1.807) is 15.5 Å². The maximum absolute atomic E-state index is 14.0. The number of hydrogen-bond acceptors (Lipinski definition) is 6. The highest BCUT2D eigenvalue weighted by molar-refractivity contribution is 6.34. The number of carbonyl (C=O) groups excluding carboxylic acids is 1. The van der Waals surface area contributed by atoms with E-state index in [-0.39, 0.29) is 16.8 Å². The number of carbonyl (C=O) groups is 1. The van der Waals surface area contributed by atoms with Crippen molar-refractivity contribution >= 4 is 28.7 Å². The van der Waals surface area contributed by atoms with Gasteiger partial charge in [-0.3, -0.25) is 9.36 Å². The van der Waals surface area contributed by atoms with Crippen LogP contribution < -0.4 is 10.3 Å². The third kappa shape index (κ3) is 5.50. The molecule has 9 heteroatoms. The van der Waals surface area contributed by atoms with Crippen molar-refractivity contribution in [3.05, 3.63) is 82.5 Å². The second-order valence-corrected chi connectivity index (χ2v) is 10.7. The predicted molar refractivity (Wildman–Crippen MR) is 147 cm³/mol. The lowest BCUT2D eigenvalue weighted by molar-refractivity contribution is 0.0173. The quantitative estimate of drug-likeness (QED) is 0.280. The molecule has 4 aromatic rings. The van der Waals surface area contributed by atoms with Gasteiger partial charge in [0.2, 0.25) is 0 Å². The van der Waals surface area contributed by atoms with Crippen LogP contribution in [0.4, 0.5) is 4.79 Å². The number of para-hydroxylation sites is 1. The monoisotopic (exact) mass is 532 g/mol. The number of aromatic nitrogens is 3. The number of amides is 1. The van der Waals surface area contributed by atoms with Gasteiger partial charge in [-0.25, -0.2) is 14.8 Å². The molecule has 1 aliphatic heterocycles. The smallest absolute Gasteiger partial charge is 0.410 e. The van der Waals surface area contributed by atoms with Gasteiger partial charge in [0.1, 0.15) is 34.2 Å². The van der Waals surface area contributed by atoms with Crippen LogP contribution in [0.2, 0.25) is 5.15 Å². The fourth-order valence-corrected chi connectivity index (χ4v) is 4.83. The average Bonchev–Trinajstić information content (AvgIpc) is 2.89. The largest absolute Gasteiger partial charge is 0.457 e. The second-order valence-electron chi connectivity index (χ2n) is 10.3. The molecule has 5 rings (SSSR count). The highest BCUT2D eigenvalue weighted by Gasteiger charge is 2.30. The summed E-state index contributed by atoms with van der Waals surface area (Å²) in [5.74, 6) is 1.38. The normalized spacial score (nSPS) is 15.9. The molecule has 1 amide bonds. The van der Waals surface area contributed by atoms with Crippen LogP contribution in [0.1, 0.15) is 39.7 Å². The van der Waals surface area contributed by atoms with Crippen molar-refractivity contribution in [2.45, 2.75) is 45.3 Å². The number of ether oxygens (including phenoxy) is 2. The molecular weight excluding hydrogens is 504 g/mol. The van der Waals surface area contributed by atoms with Gasteiger partial charge in [-0.05, 0) is 69.5 Å². The SMILES string of the molecule is CC(C)(C)OC(=O)N1CCCC(n2c(=O)c(-c3ccc(Oc4ccccc4)cc3)cc3c(Cl)ncnc32)C1. The first-order chi connectivity index (χ1) is 18.2. The number of likely N-dealkylation sites (tertiary alicyclic amines) is 1. The van der Waals surface area contributed by atoms with E-state index in [2.05, 4.69) is 9.97 Å². The minimum absolute atomic E-state index is 0.208. The summed E-state index contributed by atoms with van der Waals surface area (Å²) < 4.78 is 13.1. The Bertz CT molecular complexity index is 1510. The maximum atomic E-state index is 14.0. The summed E-state index contributed by atoms with van der Waals surface area (Å²) in [5, 5.41) is 0.830. The first kappa shape index (κ1) is 25.7. The highest BCUT2D eigenvalue weighted by Crippen LogP contribution is 2.31. The molecule has 196 valence electrons. The van der Waals surface area contributed by atoms with Crippen molar-refractivity contribution in [3.63, 3.8) is 0 Å². The van der Waals surface area contributed by atoms with Gasteiger partial charge < -0.3 is 14.4 Å². The summed E-state index contributed by atoms with van der Waals surface area (Å²) in [6.45, 7) is 6.41. The Hall–Kier alpha value is -3.91. The Balaban J connectivity index is 1.52. The van der Waals surface area contributed by atoms with Gasteiger partial charge in [0.05, 0.1) is 11.4 Å². The second kappa shape index (κ2) is 10.5. The Morgan fingerprint density at radius 3 is 2.45 bits per heavy atom. The summed E-state index contributed by atoms with van der Waals surface area (Å²) in [6.07, 6.45) is 2.40. The lowest BCUT2D eigenvalue weighted by atomic mass is 10.0. The molecule has 2 aromatic heterocycles. The zero-order valence-electron chi connectivity index (χ0n) is 21.6. The van der Waals surface area contributed by atoms with E-state index < -0.39 is 11.7 Å². The number of benzene rings is 2. The lowest BCUT2D eigenvalue weighted by Gasteiger charge is -2.35. The number of halogens is 1. The molecule has 1 unspecified atom stereocenters. The topological polar surface area (TPSA) is 86.5 Å². The minimum Gasteiger partial charge on any atom is -0.457 e. The molecule has 38 heavy (non-hydrogen) atoms. The zero-order valence-corrected chi connectivity index (χ0v) is 22.3. The molecule has 0 spiro atoms. The summed E-state index contributed by atoms with van der Waals surface area (Å²) >= 11 is 6.48. The molecule has 0 aliphatic carbocycles. The number of nitrogens with zero attached hydrogens (tertiary/aromatic N) is 4. The number of fused-ring (bicyclic) bond motifs is 1. The Morgan fingerprint density at radius 2 is 1.74 bits per heavy atom. The van der Waals surface area contributed by atoms with E-state index in [4.69, 9.17) is 21.1 Å². The average molecular weight is 533 g/mol. The van der Waals surface area contributed by atoms with Crippen LogP contribution in [0.25, 0.3) is 22.2 Å². The third-order valence-electron chi connectivity index (χ3n) is 6.34. The minimum atomic E-state index is -0.607. The van der Waals surface area contributed by atoms with Crippen LogP contribution in [0.5, 0.6) is 11.5 Å². The van der Waals surface area contributed by atoms with E-state index in [1.165, 1.54) is 6.33 Å². The molecule has 0 N–H and O–H groups in total. The molecule has 0 radical (unpaired) electrons. The summed E-state index contributed by atoms with van der Waals surface area (Å²) in [4.78, 5) is 37.0. The first-order valence-corrected chi connectivity index (χ1v) is 12.9. The van der Waals surface area contributed by atoms with Crippen molar-refractivity contribution in [1.82, 2.24) is 19.4 Å². The fourth-order valence-electron chi connectivity index (χ4n) is 4.64. The van der Waals surface area contributed by atoms with Crippen molar-refractivity contribution in [2.24, 2.45) is 0 Å². The van der Waals surface area contributed by atoms with E-state index in [1.807, 2.05) is 75.4 Å². The van der Waals surface area contributed by atoms with Crippen LogP contribution >= 0.6 is 11.6 Å². The predicted octanol–water partition coefficient (Wildman–Crippen LogP) is 6.48. The van der Waals surface area contributed by atoms with Gasteiger partial charge >= 0.3 is 6.09 Å². The van der Waals surface area contributed by atoms with Gasteiger partial charge in [-0.15, -0.1) is 0 Å². The van der Waals surface area contributed by atoms with Gasteiger partial charge in [-0.2, -0.15) is 0 Å². The Kier molecular flexibility index (Phi) is 7.08. The Morgan fingerprint density at radius 1 is 1.03 bits per heavy atom. The highest BCUT2D eigenvalue weighted by atomic mass is 35.5. The third-order valence-corrected chi connectivity index (χ3v) is 6.64. The molecule has 2 aromatic carbocycles. The molecule has 1 saturated heterocycles. The van der Waals surface area contributed by atoms with Gasteiger partial charge in [0.15, 0.2) is 0 Å². The molecule has 0 saturated carbocycles. The molecule has 1 atom stereocenters. The maximum Gasteiger partial charge on any atom is 0.410 e. The van der Waals surface area contributed by atoms with Gasteiger partial charge in [0.25, 0.3) is 5.56 Å². The van der Waals surface area contributed by atoms with Crippen LogP contribution in [0.15, 0.2) is 71.8 Å². The summed E-state index contributed by atoms with van der Waals surface area (Å²) in [7, 11) is 0. The molecular formula is C29H29ClN4O4. The molecule has 1 aliphatic rings. The van der Waals surface area contributed by atoms with Crippen LogP contribution in [0, 0.1) is 0 Å². The van der Waals surface area contributed by atoms with E-state index in [0.29, 0.717) is 47.4 Å².